The van der Waals surface area contributed by atoms with E-state index >= 15 is 0 Å². The molecule has 1 aromatic heterocycles. The SMILES string of the molecule is Cc1cn2c3c(c(F)c(F)cc3c1=O)Oc1cc(C(F)(F)F)ccc1-2. The number of nitrogens with zero attached hydrogens (tertiary/aromatic N) is 1. The highest BCUT2D eigenvalue weighted by Gasteiger charge is 2.33. The van der Waals surface area contributed by atoms with Gasteiger partial charge in [-0.05, 0) is 31.2 Å². The van der Waals surface area contributed by atoms with Crippen LogP contribution in [0.15, 0.2) is 35.3 Å². The van der Waals surface area contributed by atoms with Gasteiger partial charge in [-0.3, -0.25) is 4.79 Å². The van der Waals surface area contributed by atoms with Crippen molar-refractivity contribution in [2.45, 2.75) is 13.1 Å². The monoisotopic (exact) mass is 353 g/mol. The van der Waals surface area contributed by atoms with Crippen LogP contribution in [0.5, 0.6) is 11.5 Å². The molecule has 8 heteroatoms. The highest BCUT2D eigenvalue weighted by molar-refractivity contribution is 5.89. The van der Waals surface area contributed by atoms with E-state index in [-0.39, 0.29) is 27.9 Å². The van der Waals surface area contributed by atoms with Crippen LogP contribution in [0.25, 0.3) is 16.6 Å². The van der Waals surface area contributed by atoms with Gasteiger partial charge in [0.15, 0.2) is 22.7 Å². The molecule has 0 N–H and O–H groups in total. The summed E-state index contributed by atoms with van der Waals surface area (Å²) in [4.78, 5) is 12.2. The van der Waals surface area contributed by atoms with Crippen LogP contribution in [0.1, 0.15) is 11.1 Å². The Kier molecular flexibility index (Phi) is 3.00. The minimum atomic E-state index is -4.62. The van der Waals surface area contributed by atoms with Gasteiger partial charge >= 0.3 is 6.18 Å². The summed E-state index contributed by atoms with van der Waals surface area (Å²) >= 11 is 0. The molecular formula is C17H8F5NO2. The second-order valence-corrected chi connectivity index (χ2v) is 5.69. The van der Waals surface area contributed by atoms with Crippen LogP contribution < -0.4 is 10.2 Å². The fraction of sp³-hybridized carbons (Fsp3) is 0.118. The lowest BCUT2D eigenvalue weighted by atomic mass is 10.1. The van der Waals surface area contributed by atoms with E-state index in [1.165, 1.54) is 17.7 Å². The number of halogens is 5. The Hall–Kier alpha value is -2.90. The Bertz CT molecular complexity index is 1110. The summed E-state index contributed by atoms with van der Waals surface area (Å²) in [6.45, 7) is 1.48. The van der Waals surface area contributed by atoms with Crippen molar-refractivity contribution < 1.29 is 26.7 Å². The van der Waals surface area contributed by atoms with Crippen molar-refractivity contribution in [3.8, 4) is 17.2 Å². The number of hydrogen-bond acceptors (Lipinski definition) is 2. The third-order valence-electron chi connectivity index (χ3n) is 4.08. The molecule has 0 bridgehead atoms. The lowest BCUT2D eigenvalue weighted by molar-refractivity contribution is -0.137. The molecule has 2 heterocycles. The number of aryl methyl sites for hydroxylation is 1. The first-order valence-corrected chi connectivity index (χ1v) is 7.12. The summed E-state index contributed by atoms with van der Waals surface area (Å²) in [6, 6.07) is 3.48. The quantitative estimate of drug-likeness (QED) is 0.429. The number of benzene rings is 2. The van der Waals surface area contributed by atoms with Gasteiger partial charge < -0.3 is 9.30 Å². The topological polar surface area (TPSA) is 31.2 Å². The van der Waals surface area contributed by atoms with Gasteiger partial charge in [0.25, 0.3) is 0 Å². The molecule has 2 aromatic carbocycles. The molecule has 0 aliphatic carbocycles. The van der Waals surface area contributed by atoms with Crippen molar-refractivity contribution in [3.63, 3.8) is 0 Å². The average Bonchev–Trinajstić information content (AvgIpc) is 2.55. The Morgan fingerprint density at radius 2 is 1.84 bits per heavy atom. The summed E-state index contributed by atoms with van der Waals surface area (Å²) < 4.78 is 73.3. The van der Waals surface area contributed by atoms with Gasteiger partial charge in [0, 0.05) is 11.8 Å². The van der Waals surface area contributed by atoms with E-state index in [1.54, 1.807) is 0 Å². The van der Waals surface area contributed by atoms with Crippen LogP contribution in [0.3, 0.4) is 0 Å². The fourth-order valence-electron chi connectivity index (χ4n) is 2.90. The summed E-state index contributed by atoms with van der Waals surface area (Å²) in [7, 11) is 0. The third kappa shape index (κ3) is 2.13. The molecule has 4 rings (SSSR count). The van der Waals surface area contributed by atoms with E-state index in [0.717, 1.165) is 18.2 Å². The standard InChI is InChI=1S/C17H8F5NO2/c1-7-6-23-11-3-2-8(17(20,21)22)4-12(11)25-16-13(19)10(18)5-9(14(16)23)15(7)24/h2-6H,1H3. The zero-order chi connectivity index (χ0) is 18.1. The smallest absolute Gasteiger partial charge is 0.416 e. The molecular weight excluding hydrogens is 345 g/mol. The molecule has 0 atom stereocenters. The van der Waals surface area contributed by atoms with E-state index < -0.39 is 34.6 Å². The minimum Gasteiger partial charge on any atom is -0.450 e. The molecule has 0 fully saturated rings. The Morgan fingerprint density at radius 1 is 1.12 bits per heavy atom. The zero-order valence-corrected chi connectivity index (χ0v) is 12.5. The Balaban J connectivity index is 2.13. The van der Waals surface area contributed by atoms with Crippen molar-refractivity contribution in [1.29, 1.82) is 0 Å². The predicted octanol–water partition coefficient (Wildman–Crippen LogP) is 4.70. The summed E-state index contributed by atoms with van der Waals surface area (Å²) in [5.41, 5.74) is -1.09. The van der Waals surface area contributed by atoms with Crippen molar-refractivity contribution in [1.82, 2.24) is 4.57 Å². The van der Waals surface area contributed by atoms with E-state index in [2.05, 4.69) is 0 Å². The predicted molar refractivity (Wildman–Crippen MR) is 79.3 cm³/mol. The van der Waals surface area contributed by atoms with Gasteiger partial charge in [-0.2, -0.15) is 17.6 Å². The van der Waals surface area contributed by atoms with Crippen LogP contribution in [-0.4, -0.2) is 4.57 Å². The maximum Gasteiger partial charge on any atom is 0.416 e. The molecule has 128 valence electrons. The lowest BCUT2D eigenvalue weighted by Crippen LogP contribution is -2.17. The van der Waals surface area contributed by atoms with Crippen molar-refractivity contribution in [2.24, 2.45) is 0 Å². The Labute approximate surface area is 136 Å². The van der Waals surface area contributed by atoms with Crippen LogP contribution in [-0.2, 0) is 6.18 Å². The number of hydrogen-bond donors (Lipinski definition) is 0. The van der Waals surface area contributed by atoms with Gasteiger partial charge in [0.2, 0.25) is 5.82 Å². The molecule has 0 amide bonds. The highest BCUT2D eigenvalue weighted by atomic mass is 19.4. The van der Waals surface area contributed by atoms with Crippen LogP contribution in [0.2, 0.25) is 0 Å². The summed E-state index contributed by atoms with van der Waals surface area (Å²) in [5, 5.41) is -0.112. The zero-order valence-electron chi connectivity index (χ0n) is 12.5. The first-order valence-electron chi connectivity index (χ1n) is 7.12. The number of aromatic nitrogens is 1. The largest absolute Gasteiger partial charge is 0.450 e. The van der Waals surface area contributed by atoms with E-state index in [1.807, 2.05) is 0 Å². The normalized spacial score (nSPS) is 12.9. The summed E-state index contributed by atoms with van der Waals surface area (Å²) in [6.07, 6.45) is -3.26. The molecule has 0 radical (unpaired) electrons. The van der Waals surface area contributed by atoms with Gasteiger partial charge in [0.05, 0.1) is 16.6 Å². The number of pyridine rings is 1. The highest BCUT2D eigenvalue weighted by Crippen LogP contribution is 2.44. The van der Waals surface area contributed by atoms with Crippen molar-refractivity contribution in [3.05, 3.63) is 63.4 Å². The average molecular weight is 353 g/mol. The molecule has 25 heavy (non-hydrogen) atoms. The molecule has 1 aliphatic heterocycles. The van der Waals surface area contributed by atoms with Crippen molar-refractivity contribution in [2.75, 3.05) is 0 Å². The summed E-state index contributed by atoms with van der Waals surface area (Å²) in [5.74, 6) is -3.57. The minimum absolute atomic E-state index is 0.0261. The molecule has 0 saturated heterocycles. The van der Waals surface area contributed by atoms with E-state index in [0.29, 0.717) is 6.07 Å². The second kappa shape index (κ2) is 4.81. The molecule has 1 aliphatic rings. The van der Waals surface area contributed by atoms with Crippen LogP contribution >= 0.6 is 0 Å². The molecule has 3 aromatic rings. The van der Waals surface area contributed by atoms with E-state index in [4.69, 9.17) is 4.74 Å². The van der Waals surface area contributed by atoms with Gasteiger partial charge in [-0.15, -0.1) is 0 Å². The third-order valence-corrected chi connectivity index (χ3v) is 4.08. The number of rotatable bonds is 0. The van der Waals surface area contributed by atoms with E-state index in [9.17, 15) is 26.7 Å². The van der Waals surface area contributed by atoms with Crippen LogP contribution in [0, 0.1) is 18.6 Å². The number of alkyl halides is 3. The van der Waals surface area contributed by atoms with Crippen LogP contribution in [0.4, 0.5) is 22.0 Å². The van der Waals surface area contributed by atoms with Gasteiger partial charge in [-0.25, -0.2) is 4.39 Å². The molecule has 0 saturated carbocycles. The first-order chi connectivity index (χ1) is 11.7. The number of fused-ring (bicyclic) bond motifs is 2. The molecule has 0 spiro atoms. The van der Waals surface area contributed by atoms with Gasteiger partial charge in [-0.1, -0.05) is 0 Å². The van der Waals surface area contributed by atoms with Gasteiger partial charge in [0.1, 0.15) is 5.52 Å². The first kappa shape index (κ1) is 15.6. The van der Waals surface area contributed by atoms with Crippen molar-refractivity contribution >= 4 is 10.9 Å². The second-order valence-electron chi connectivity index (χ2n) is 5.69. The number of ether oxygens (including phenoxy) is 1. The maximum atomic E-state index is 14.2. The molecule has 3 nitrogen and oxygen atoms in total. The lowest BCUT2D eigenvalue weighted by Gasteiger charge is -2.24. The molecule has 0 unspecified atom stereocenters. The fourth-order valence-corrected chi connectivity index (χ4v) is 2.90. The Morgan fingerprint density at radius 3 is 2.52 bits per heavy atom. The maximum absolute atomic E-state index is 14.2.